The smallest absolute Gasteiger partial charge is 0.338 e. The van der Waals surface area contributed by atoms with E-state index in [2.05, 4.69) is 4.84 Å². The van der Waals surface area contributed by atoms with Crippen LogP contribution in [0.3, 0.4) is 0 Å². The van der Waals surface area contributed by atoms with E-state index in [9.17, 15) is 4.79 Å². The Bertz CT molecular complexity index is 399. The highest BCUT2D eigenvalue weighted by Gasteiger charge is 2.14. The molecule has 0 fully saturated rings. The van der Waals surface area contributed by atoms with Gasteiger partial charge in [0, 0.05) is 0 Å². The van der Waals surface area contributed by atoms with Crippen LogP contribution in [0, 0.1) is 0 Å². The zero-order valence-electron chi connectivity index (χ0n) is 9.40. The fourth-order valence-electron chi connectivity index (χ4n) is 1.49. The van der Waals surface area contributed by atoms with Gasteiger partial charge in [0.1, 0.15) is 0 Å². The fourth-order valence-corrected chi connectivity index (χ4v) is 1.49. The molecule has 86 valence electrons. The number of hydrogen-bond acceptors (Lipinski definition) is 4. The minimum absolute atomic E-state index is 0.254. The summed E-state index contributed by atoms with van der Waals surface area (Å²) in [7, 11) is 1.36. The van der Waals surface area contributed by atoms with E-state index in [1.165, 1.54) is 7.11 Å². The highest BCUT2D eigenvalue weighted by molar-refractivity contribution is 6.16. The van der Waals surface area contributed by atoms with E-state index in [0.717, 1.165) is 11.1 Å². The van der Waals surface area contributed by atoms with Crippen LogP contribution in [0.5, 0.6) is 0 Å². The third-order valence-corrected chi connectivity index (χ3v) is 2.24. The van der Waals surface area contributed by atoms with Gasteiger partial charge in [0.2, 0.25) is 0 Å². The number of esters is 1. The Kier molecular flexibility index (Phi) is 4.69. The van der Waals surface area contributed by atoms with Crippen LogP contribution in [0.15, 0.2) is 30.3 Å². The van der Waals surface area contributed by atoms with E-state index < -0.39 is 0 Å². The Hall–Kier alpha value is -1.65. The first-order chi connectivity index (χ1) is 7.74. The molecular formula is C12H15NO3. The topological polar surface area (TPSA) is 61.5 Å². The normalized spacial score (nSPS) is 11.3. The molecule has 0 amide bonds. The summed E-state index contributed by atoms with van der Waals surface area (Å²) in [5.74, 6) is 4.68. The number of allylic oxidation sites excluding steroid dienone is 1. The number of nitrogens with two attached hydrogens (primary N) is 1. The summed E-state index contributed by atoms with van der Waals surface area (Å²) in [6.07, 6.45) is 1.71. The quantitative estimate of drug-likeness (QED) is 0.477. The van der Waals surface area contributed by atoms with Gasteiger partial charge in [-0.2, -0.15) is 0 Å². The van der Waals surface area contributed by atoms with Gasteiger partial charge in [0.05, 0.1) is 19.3 Å². The average Bonchev–Trinajstić information content (AvgIpc) is 2.32. The van der Waals surface area contributed by atoms with Gasteiger partial charge in [0.15, 0.2) is 0 Å². The van der Waals surface area contributed by atoms with Crippen LogP contribution in [0.1, 0.15) is 18.1 Å². The Labute approximate surface area is 94.6 Å². The van der Waals surface area contributed by atoms with Crippen molar-refractivity contribution in [2.24, 2.45) is 5.90 Å². The van der Waals surface area contributed by atoms with Crippen LogP contribution >= 0.6 is 0 Å². The van der Waals surface area contributed by atoms with Crippen molar-refractivity contribution in [3.05, 3.63) is 41.5 Å². The minimum Gasteiger partial charge on any atom is -0.465 e. The monoisotopic (exact) mass is 221 g/mol. The Balaban J connectivity index is 3.15. The Morgan fingerprint density at radius 1 is 1.44 bits per heavy atom. The van der Waals surface area contributed by atoms with Crippen molar-refractivity contribution in [2.75, 3.05) is 7.11 Å². The second-order valence-corrected chi connectivity index (χ2v) is 3.16. The van der Waals surface area contributed by atoms with E-state index in [1.54, 1.807) is 13.0 Å². The number of benzene rings is 1. The van der Waals surface area contributed by atoms with Crippen LogP contribution in [0.25, 0.3) is 5.57 Å². The molecule has 4 heteroatoms. The molecule has 0 atom stereocenters. The summed E-state index contributed by atoms with van der Waals surface area (Å²) < 4.78 is 4.71. The number of rotatable bonds is 4. The largest absolute Gasteiger partial charge is 0.465 e. The first kappa shape index (κ1) is 12.4. The van der Waals surface area contributed by atoms with Crippen LogP contribution in [0.4, 0.5) is 0 Å². The van der Waals surface area contributed by atoms with E-state index in [0.29, 0.717) is 5.57 Å². The van der Waals surface area contributed by atoms with Gasteiger partial charge in [-0.3, -0.25) is 4.84 Å². The highest BCUT2D eigenvalue weighted by Crippen LogP contribution is 2.20. The molecule has 0 saturated heterocycles. The maximum atomic E-state index is 11.5. The maximum absolute atomic E-state index is 11.5. The molecular weight excluding hydrogens is 206 g/mol. The number of ether oxygens (including phenoxy) is 1. The lowest BCUT2D eigenvalue weighted by atomic mass is 10.00. The second-order valence-electron chi connectivity index (χ2n) is 3.16. The predicted octanol–water partition coefficient (Wildman–Crippen LogP) is 1.65. The standard InChI is InChI=1S/C12H15NO3/c1-3-10(12(14)15-2)11-7-5-4-6-9(11)8-16-13/h3-7H,8,13H2,1-2H3/b10-3+. The average molecular weight is 221 g/mol. The van der Waals surface area contributed by atoms with Crippen LogP contribution in [-0.2, 0) is 21.0 Å². The van der Waals surface area contributed by atoms with Crippen molar-refractivity contribution in [3.63, 3.8) is 0 Å². The van der Waals surface area contributed by atoms with Crippen molar-refractivity contribution in [2.45, 2.75) is 13.5 Å². The first-order valence-electron chi connectivity index (χ1n) is 4.89. The molecule has 0 aromatic heterocycles. The van der Waals surface area contributed by atoms with Crippen molar-refractivity contribution in [1.29, 1.82) is 0 Å². The summed E-state index contributed by atoms with van der Waals surface area (Å²) in [6.45, 7) is 2.04. The minimum atomic E-state index is -0.369. The number of hydrogen-bond donors (Lipinski definition) is 1. The molecule has 1 aromatic rings. The number of carbonyl (C=O) groups excluding carboxylic acids is 1. The summed E-state index contributed by atoms with van der Waals surface area (Å²) in [5, 5.41) is 0. The van der Waals surface area contributed by atoms with Crippen LogP contribution in [-0.4, -0.2) is 13.1 Å². The summed E-state index contributed by atoms with van der Waals surface area (Å²) >= 11 is 0. The molecule has 0 aliphatic heterocycles. The van der Waals surface area contributed by atoms with Gasteiger partial charge < -0.3 is 4.74 Å². The molecule has 4 nitrogen and oxygen atoms in total. The lowest BCUT2D eigenvalue weighted by molar-refractivity contribution is -0.133. The predicted molar refractivity (Wildman–Crippen MR) is 61.1 cm³/mol. The maximum Gasteiger partial charge on any atom is 0.338 e. The second kappa shape index (κ2) is 6.05. The van der Waals surface area contributed by atoms with Gasteiger partial charge in [-0.15, -0.1) is 0 Å². The SMILES string of the molecule is C/C=C(/C(=O)OC)c1ccccc1CON. The molecule has 0 unspecified atom stereocenters. The van der Waals surface area contributed by atoms with Crippen molar-refractivity contribution < 1.29 is 14.4 Å². The summed E-state index contributed by atoms with van der Waals surface area (Å²) in [5.41, 5.74) is 2.14. The molecule has 0 bridgehead atoms. The molecule has 0 aliphatic rings. The summed E-state index contributed by atoms with van der Waals surface area (Å²) in [6, 6.07) is 7.40. The van der Waals surface area contributed by atoms with E-state index in [1.807, 2.05) is 24.3 Å². The molecule has 0 spiro atoms. The van der Waals surface area contributed by atoms with Gasteiger partial charge in [-0.25, -0.2) is 10.7 Å². The molecule has 1 aromatic carbocycles. The lowest BCUT2D eigenvalue weighted by Crippen LogP contribution is -2.08. The van der Waals surface area contributed by atoms with Crippen molar-refractivity contribution in [1.82, 2.24) is 0 Å². The lowest BCUT2D eigenvalue weighted by Gasteiger charge is -2.10. The van der Waals surface area contributed by atoms with Gasteiger partial charge in [-0.1, -0.05) is 30.3 Å². The third-order valence-electron chi connectivity index (χ3n) is 2.24. The number of carbonyl (C=O) groups is 1. The molecule has 1 rings (SSSR count). The molecule has 0 heterocycles. The molecule has 0 radical (unpaired) electrons. The van der Waals surface area contributed by atoms with Gasteiger partial charge >= 0.3 is 5.97 Å². The number of methoxy groups -OCH3 is 1. The first-order valence-corrected chi connectivity index (χ1v) is 4.89. The summed E-state index contributed by atoms with van der Waals surface area (Å²) in [4.78, 5) is 16.1. The third kappa shape index (κ3) is 2.68. The molecule has 2 N–H and O–H groups in total. The van der Waals surface area contributed by atoms with Gasteiger partial charge in [0.25, 0.3) is 0 Å². The molecule has 0 saturated carbocycles. The van der Waals surface area contributed by atoms with Crippen molar-refractivity contribution in [3.8, 4) is 0 Å². The van der Waals surface area contributed by atoms with E-state index in [-0.39, 0.29) is 12.6 Å². The Morgan fingerprint density at radius 3 is 2.69 bits per heavy atom. The zero-order chi connectivity index (χ0) is 12.0. The van der Waals surface area contributed by atoms with Crippen LogP contribution in [0.2, 0.25) is 0 Å². The van der Waals surface area contributed by atoms with Gasteiger partial charge in [-0.05, 0) is 18.1 Å². The Morgan fingerprint density at radius 2 is 2.12 bits per heavy atom. The van der Waals surface area contributed by atoms with E-state index in [4.69, 9.17) is 10.6 Å². The highest BCUT2D eigenvalue weighted by atomic mass is 16.6. The van der Waals surface area contributed by atoms with Crippen molar-refractivity contribution >= 4 is 11.5 Å². The fraction of sp³-hybridized carbons (Fsp3) is 0.250. The van der Waals surface area contributed by atoms with Crippen LogP contribution < -0.4 is 5.90 Å². The van der Waals surface area contributed by atoms with E-state index >= 15 is 0 Å². The zero-order valence-corrected chi connectivity index (χ0v) is 9.40. The molecule has 16 heavy (non-hydrogen) atoms. The molecule has 0 aliphatic carbocycles.